The average molecular weight is 381 g/mol. The molecule has 0 saturated heterocycles. The molecule has 2 aromatic carbocycles. The van der Waals surface area contributed by atoms with E-state index in [-0.39, 0.29) is 18.2 Å². The number of nitrogens with one attached hydrogen (secondary N) is 2. The van der Waals surface area contributed by atoms with Crippen LogP contribution in [0.1, 0.15) is 24.9 Å². The van der Waals surface area contributed by atoms with Gasteiger partial charge < -0.3 is 15.4 Å². The molecule has 0 fully saturated rings. The Bertz CT molecular complexity index is 763. The van der Waals surface area contributed by atoms with E-state index in [1.807, 2.05) is 12.1 Å². The van der Waals surface area contributed by atoms with Crippen LogP contribution in [0.4, 0.5) is 5.69 Å². The predicted molar refractivity (Wildman–Crippen MR) is 99.3 cm³/mol. The first kappa shape index (κ1) is 19.1. The van der Waals surface area contributed by atoms with E-state index < -0.39 is 6.04 Å². The van der Waals surface area contributed by atoms with Crippen molar-refractivity contribution in [2.24, 2.45) is 0 Å². The Kier molecular flexibility index (Phi) is 6.67. The maximum absolute atomic E-state index is 12.3. The van der Waals surface area contributed by atoms with Crippen molar-refractivity contribution in [3.63, 3.8) is 0 Å². The van der Waals surface area contributed by atoms with Gasteiger partial charge in [-0.05, 0) is 35.9 Å². The summed E-state index contributed by atoms with van der Waals surface area (Å²) in [5.41, 5.74) is 1.34. The monoisotopic (exact) mass is 380 g/mol. The van der Waals surface area contributed by atoms with Crippen molar-refractivity contribution in [1.82, 2.24) is 5.32 Å². The topological polar surface area (TPSA) is 67.4 Å². The standard InChI is InChI=1S/C18H18Cl2N2O3/c1-11(23)21-17(12-3-6-14(25-2)7-4-12)10-18(24)22-13-5-8-15(19)16(20)9-13/h3-9,17H,10H2,1-2H3,(H,21,23)(H,22,24). The van der Waals surface area contributed by atoms with Crippen LogP contribution in [0.25, 0.3) is 0 Å². The Morgan fingerprint density at radius 2 is 1.76 bits per heavy atom. The fourth-order valence-corrected chi connectivity index (χ4v) is 2.60. The molecule has 7 heteroatoms. The Hall–Kier alpha value is -2.24. The van der Waals surface area contributed by atoms with Crippen molar-refractivity contribution in [2.45, 2.75) is 19.4 Å². The summed E-state index contributed by atoms with van der Waals surface area (Å²) in [7, 11) is 1.57. The lowest BCUT2D eigenvalue weighted by Gasteiger charge is -2.18. The molecular formula is C18H18Cl2N2O3. The summed E-state index contributed by atoms with van der Waals surface area (Å²) in [5, 5.41) is 6.30. The summed E-state index contributed by atoms with van der Waals surface area (Å²) in [4.78, 5) is 23.8. The molecular weight excluding hydrogens is 363 g/mol. The van der Waals surface area contributed by atoms with Gasteiger partial charge in [-0.3, -0.25) is 9.59 Å². The molecule has 2 rings (SSSR count). The van der Waals surface area contributed by atoms with Gasteiger partial charge >= 0.3 is 0 Å². The zero-order valence-electron chi connectivity index (χ0n) is 13.8. The summed E-state index contributed by atoms with van der Waals surface area (Å²) in [6.45, 7) is 1.41. The first-order chi connectivity index (χ1) is 11.9. The zero-order valence-corrected chi connectivity index (χ0v) is 15.3. The number of halogens is 2. The molecule has 1 atom stereocenters. The van der Waals surface area contributed by atoms with Gasteiger partial charge in [0.25, 0.3) is 0 Å². The van der Waals surface area contributed by atoms with Gasteiger partial charge in [-0.1, -0.05) is 35.3 Å². The quantitative estimate of drug-likeness (QED) is 0.788. The van der Waals surface area contributed by atoms with Crippen molar-refractivity contribution in [2.75, 3.05) is 12.4 Å². The summed E-state index contributed by atoms with van der Waals surface area (Å²) in [6, 6.07) is 11.6. The van der Waals surface area contributed by atoms with Crippen LogP contribution >= 0.6 is 23.2 Å². The number of carbonyl (C=O) groups excluding carboxylic acids is 2. The average Bonchev–Trinajstić information content (AvgIpc) is 2.57. The van der Waals surface area contributed by atoms with Crippen LogP contribution in [0.15, 0.2) is 42.5 Å². The van der Waals surface area contributed by atoms with E-state index in [2.05, 4.69) is 10.6 Å². The highest BCUT2D eigenvalue weighted by molar-refractivity contribution is 6.42. The first-order valence-electron chi connectivity index (χ1n) is 7.55. The van der Waals surface area contributed by atoms with Gasteiger partial charge in [0.2, 0.25) is 11.8 Å². The van der Waals surface area contributed by atoms with E-state index in [0.717, 1.165) is 5.56 Å². The molecule has 0 radical (unpaired) electrons. The van der Waals surface area contributed by atoms with Crippen molar-refractivity contribution in [1.29, 1.82) is 0 Å². The minimum Gasteiger partial charge on any atom is -0.497 e. The van der Waals surface area contributed by atoms with Crippen LogP contribution in [-0.4, -0.2) is 18.9 Å². The van der Waals surface area contributed by atoms with Gasteiger partial charge in [-0.15, -0.1) is 0 Å². The van der Waals surface area contributed by atoms with Gasteiger partial charge in [0, 0.05) is 12.6 Å². The molecule has 2 N–H and O–H groups in total. The summed E-state index contributed by atoms with van der Waals surface area (Å²) < 4.78 is 5.12. The molecule has 0 aliphatic rings. The molecule has 0 aliphatic carbocycles. The molecule has 5 nitrogen and oxygen atoms in total. The molecule has 132 valence electrons. The van der Waals surface area contributed by atoms with Gasteiger partial charge in [0.15, 0.2) is 0 Å². The Morgan fingerprint density at radius 3 is 2.32 bits per heavy atom. The Labute approximate surface area is 156 Å². The lowest BCUT2D eigenvalue weighted by molar-refractivity contribution is -0.120. The molecule has 2 aromatic rings. The summed E-state index contributed by atoms with van der Waals surface area (Å²) in [5.74, 6) is 0.224. The normalized spacial score (nSPS) is 11.5. The van der Waals surface area contributed by atoms with E-state index in [0.29, 0.717) is 21.5 Å². The molecule has 2 amide bonds. The molecule has 0 saturated carbocycles. The molecule has 0 bridgehead atoms. The lowest BCUT2D eigenvalue weighted by atomic mass is 10.0. The second-order valence-corrected chi connectivity index (χ2v) is 6.22. The van der Waals surface area contributed by atoms with Crippen LogP contribution in [0.2, 0.25) is 10.0 Å². The highest BCUT2D eigenvalue weighted by Gasteiger charge is 2.17. The van der Waals surface area contributed by atoms with E-state index in [9.17, 15) is 9.59 Å². The number of hydrogen-bond acceptors (Lipinski definition) is 3. The third-order valence-electron chi connectivity index (χ3n) is 3.49. The van der Waals surface area contributed by atoms with E-state index in [1.54, 1.807) is 37.4 Å². The number of benzene rings is 2. The zero-order chi connectivity index (χ0) is 18.4. The van der Waals surface area contributed by atoms with Crippen LogP contribution in [-0.2, 0) is 9.59 Å². The molecule has 1 unspecified atom stereocenters. The van der Waals surface area contributed by atoms with Crippen LogP contribution < -0.4 is 15.4 Å². The lowest BCUT2D eigenvalue weighted by Crippen LogP contribution is -2.29. The first-order valence-corrected chi connectivity index (χ1v) is 8.30. The third-order valence-corrected chi connectivity index (χ3v) is 4.23. The Balaban J connectivity index is 2.10. The fraction of sp³-hybridized carbons (Fsp3) is 0.222. The van der Waals surface area contributed by atoms with Crippen molar-refractivity contribution >= 4 is 40.7 Å². The van der Waals surface area contributed by atoms with Crippen molar-refractivity contribution < 1.29 is 14.3 Å². The number of anilines is 1. The SMILES string of the molecule is COc1ccc(C(CC(=O)Nc2ccc(Cl)c(Cl)c2)NC(C)=O)cc1. The highest BCUT2D eigenvalue weighted by Crippen LogP contribution is 2.26. The smallest absolute Gasteiger partial charge is 0.226 e. The van der Waals surface area contributed by atoms with Crippen molar-refractivity contribution in [3.05, 3.63) is 58.1 Å². The van der Waals surface area contributed by atoms with Gasteiger partial charge in [0.1, 0.15) is 5.75 Å². The van der Waals surface area contributed by atoms with Crippen LogP contribution in [0.5, 0.6) is 5.75 Å². The van der Waals surface area contributed by atoms with Crippen LogP contribution in [0.3, 0.4) is 0 Å². The number of methoxy groups -OCH3 is 1. The highest BCUT2D eigenvalue weighted by atomic mass is 35.5. The third kappa shape index (κ3) is 5.66. The maximum Gasteiger partial charge on any atom is 0.226 e. The van der Waals surface area contributed by atoms with Crippen molar-refractivity contribution in [3.8, 4) is 5.75 Å². The molecule has 25 heavy (non-hydrogen) atoms. The van der Waals surface area contributed by atoms with Gasteiger partial charge in [-0.2, -0.15) is 0 Å². The number of hydrogen-bond donors (Lipinski definition) is 2. The Morgan fingerprint density at radius 1 is 1.08 bits per heavy atom. The number of rotatable bonds is 6. The summed E-state index contributed by atoms with van der Waals surface area (Å²) >= 11 is 11.8. The number of amides is 2. The van der Waals surface area contributed by atoms with Gasteiger partial charge in [-0.25, -0.2) is 0 Å². The maximum atomic E-state index is 12.3. The number of ether oxygens (including phenoxy) is 1. The van der Waals surface area contributed by atoms with E-state index in [4.69, 9.17) is 27.9 Å². The summed E-state index contributed by atoms with van der Waals surface area (Å²) in [6.07, 6.45) is 0.0755. The minimum absolute atomic E-state index is 0.0755. The number of carbonyl (C=O) groups is 2. The van der Waals surface area contributed by atoms with E-state index in [1.165, 1.54) is 6.92 Å². The van der Waals surface area contributed by atoms with E-state index >= 15 is 0 Å². The molecule has 0 aromatic heterocycles. The van der Waals surface area contributed by atoms with Crippen LogP contribution in [0, 0.1) is 0 Å². The molecule has 0 aliphatic heterocycles. The largest absolute Gasteiger partial charge is 0.497 e. The predicted octanol–water partition coefficient (Wildman–Crippen LogP) is 4.21. The second-order valence-electron chi connectivity index (χ2n) is 5.41. The minimum atomic E-state index is -0.453. The van der Waals surface area contributed by atoms with Gasteiger partial charge in [0.05, 0.1) is 29.6 Å². The second kappa shape index (κ2) is 8.74. The fourth-order valence-electron chi connectivity index (χ4n) is 2.31. The molecule has 0 heterocycles. The molecule has 0 spiro atoms.